The molecular formula is C26H31N5O. The first-order valence-corrected chi connectivity index (χ1v) is 11.6. The predicted molar refractivity (Wildman–Crippen MR) is 128 cm³/mol. The van der Waals surface area contributed by atoms with Gasteiger partial charge in [-0.15, -0.1) is 0 Å². The minimum Gasteiger partial charge on any atom is -0.369 e. The molecule has 2 fully saturated rings. The highest BCUT2D eigenvalue weighted by atomic mass is 16.1. The lowest BCUT2D eigenvalue weighted by atomic mass is 10.1. The molecule has 0 radical (unpaired) electrons. The van der Waals surface area contributed by atoms with Crippen molar-refractivity contribution in [1.29, 1.82) is 0 Å². The molecule has 6 nitrogen and oxygen atoms in total. The number of hydrogen-bond donors (Lipinski definition) is 1. The lowest BCUT2D eigenvalue weighted by Gasteiger charge is -2.36. The van der Waals surface area contributed by atoms with Crippen LogP contribution in [0.5, 0.6) is 0 Å². The first kappa shape index (κ1) is 20.8. The maximum atomic E-state index is 13.0. The molecule has 0 atom stereocenters. The van der Waals surface area contributed by atoms with Crippen LogP contribution in [-0.4, -0.2) is 59.9 Å². The standard InChI is InChI=1S/C26H31N5O/c1-20-6-5-9-23(18-20)30-16-14-29(15-17-30)13-12-27-26(32)24-19-28-31(25(24)21-10-11-21)22-7-3-2-4-8-22/h2-9,18-19,21H,10-17H2,1H3,(H,27,32). The third-order valence-corrected chi connectivity index (χ3v) is 6.47. The SMILES string of the molecule is Cc1cccc(N2CCN(CCNC(=O)c3cnn(-c4ccccc4)c3C3CC3)CC2)c1. The average molecular weight is 430 g/mol. The Bertz CT molecular complexity index is 1060. The summed E-state index contributed by atoms with van der Waals surface area (Å²) in [6, 6.07) is 18.8. The number of hydrogen-bond acceptors (Lipinski definition) is 4. The molecule has 1 N–H and O–H groups in total. The first-order valence-electron chi connectivity index (χ1n) is 11.6. The summed E-state index contributed by atoms with van der Waals surface area (Å²) in [6.07, 6.45) is 3.99. The van der Waals surface area contributed by atoms with Crippen LogP contribution < -0.4 is 10.2 Å². The van der Waals surface area contributed by atoms with Gasteiger partial charge in [-0.05, 0) is 49.6 Å². The second-order valence-electron chi connectivity index (χ2n) is 8.89. The number of nitrogens with zero attached hydrogens (tertiary/aromatic N) is 4. The number of benzene rings is 2. The van der Waals surface area contributed by atoms with Gasteiger partial charge in [0.1, 0.15) is 0 Å². The van der Waals surface area contributed by atoms with E-state index in [1.54, 1.807) is 6.20 Å². The highest BCUT2D eigenvalue weighted by molar-refractivity contribution is 5.95. The molecule has 0 unspecified atom stereocenters. The molecule has 1 saturated carbocycles. The van der Waals surface area contributed by atoms with E-state index < -0.39 is 0 Å². The quantitative estimate of drug-likeness (QED) is 0.623. The minimum absolute atomic E-state index is 0.00696. The molecule has 2 heterocycles. The number of amides is 1. The lowest BCUT2D eigenvalue weighted by Crippen LogP contribution is -2.48. The van der Waals surface area contributed by atoms with Crippen LogP contribution >= 0.6 is 0 Å². The number of aromatic nitrogens is 2. The Balaban J connectivity index is 1.15. The maximum absolute atomic E-state index is 13.0. The number of rotatable bonds is 7. The van der Waals surface area contributed by atoms with Crippen LogP contribution in [0.2, 0.25) is 0 Å². The third-order valence-electron chi connectivity index (χ3n) is 6.47. The summed E-state index contributed by atoms with van der Waals surface area (Å²) < 4.78 is 1.94. The van der Waals surface area contributed by atoms with Gasteiger partial charge in [-0.1, -0.05) is 30.3 Å². The van der Waals surface area contributed by atoms with Gasteiger partial charge in [-0.2, -0.15) is 5.10 Å². The van der Waals surface area contributed by atoms with Crippen LogP contribution in [0, 0.1) is 6.92 Å². The summed E-state index contributed by atoms with van der Waals surface area (Å²) in [5.74, 6) is 0.431. The topological polar surface area (TPSA) is 53.4 Å². The zero-order chi connectivity index (χ0) is 21.9. The largest absolute Gasteiger partial charge is 0.369 e. The molecule has 3 aromatic rings. The Hall–Kier alpha value is -3.12. The molecule has 1 aliphatic carbocycles. The molecule has 32 heavy (non-hydrogen) atoms. The highest BCUT2D eigenvalue weighted by Crippen LogP contribution is 2.42. The Morgan fingerprint density at radius 2 is 1.75 bits per heavy atom. The normalized spacial score (nSPS) is 16.8. The van der Waals surface area contributed by atoms with Crippen LogP contribution in [0.15, 0.2) is 60.8 Å². The smallest absolute Gasteiger partial charge is 0.254 e. The fourth-order valence-corrected chi connectivity index (χ4v) is 4.53. The molecule has 2 aliphatic rings. The summed E-state index contributed by atoms with van der Waals surface area (Å²) in [5, 5.41) is 7.69. The van der Waals surface area contributed by atoms with Crippen LogP contribution in [0.25, 0.3) is 5.69 Å². The number of para-hydroxylation sites is 1. The predicted octanol–water partition coefficient (Wildman–Crippen LogP) is 3.61. The Morgan fingerprint density at radius 3 is 2.47 bits per heavy atom. The van der Waals surface area contributed by atoms with Crippen molar-refractivity contribution in [3.05, 3.63) is 77.6 Å². The van der Waals surface area contributed by atoms with E-state index in [4.69, 9.17) is 0 Å². The Labute approximate surface area is 189 Å². The molecule has 0 spiro atoms. The number of nitrogens with one attached hydrogen (secondary N) is 1. The zero-order valence-electron chi connectivity index (χ0n) is 18.7. The minimum atomic E-state index is -0.00696. The van der Waals surface area contributed by atoms with Gasteiger partial charge >= 0.3 is 0 Å². The van der Waals surface area contributed by atoms with E-state index in [1.165, 1.54) is 11.3 Å². The van der Waals surface area contributed by atoms with Crippen molar-refractivity contribution in [3.63, 3.8) is 0 Å². The van der Waals surface area contributed by atoms with Crippen LogP contribution in [0.3, 0.4) is 0 Å². The van der Waals surface area contributed by atoms with E-state index in [1.807, 2.05) is 35.0 Å². The van der Waals surface area contributed by atoms with Gasteiger partial charge in [0.05, 0.1) is 23.1 Å². The van der Waals surface area contributed by atoms with Crippen molar-refractivity contribution < 1.29 is 4.79 Å². The summed E-state index contributed by atoms with van der Waals surface area (Å²) in [5.41, 5.74) is 5.40. The molecule has 0 bridgehead atoms. The molecule has 1 aromatic heterocycles. The van der Waals surface area contributed by atoms with Gasteiger partial charge in [-0.25, -0.2) is 4.68 Å². The fraction of sp³-hybridized carbons (Fsp3) is 0.385. The second-order valence-corrected chi connectivity index (χ2v) is 8.89. The molecule has 6 heteroatoms. The number of piperazine rings is 1. The summed E-state index contributed by atoms with van der Waals surface area (Å²) in [4.78, 5) is 17.8. The molecule has 1 amide bonds. The van der Waals surface area contributed by atoms with Crippen molar-refractivity contribution >= 4 is 11.6 Å². The monoisotopic (exact) mass is 429 g/mol. The van der Waals surface area contributed by atoms with Gasteiger partial charge in [-0.3, -0.25) is 9.69 Å². The Kier molecular flexibility index (Phi) is 5.95. The van der Waals surface area contributed by atoms with E-state index in [0.717, 1.165) is 62.5 Å². The average Bonchev–Trinajstić information content (AvgIpc) is 3.57. The van der Waals surface area contributed by atoms with E-state index >= 15 is 0 Å². The number of aryl methyl sites for hydroxylation is 1. The van der Waals surface area contributed by atoms with Gasteiger partial charge in [0.15, 0.2) is 0 Å². The van der Waals surface area contributed by atoms with Crippen molar-refractivity contribution in [1.82, 2.24) is 20.0 Å². The fourth-order valence-electron chi connectivity index (χ4n) is 4.53. The first-order chi connectivity index (χ1) is 15.7. The molecule has 5 rings (SSSR count). The van der Waals surface area contributed by atoms with E-state index in [0.29, 0.717) is 12.5 Å². The number of carbonyl (C=O) groups excluding carboxylic acids is 1. The van der Waals surface area contributed by atoms with Gasteiger partial charge in [0, 0.05) is 50.9 Å². The maximum Gasteiger partial charge on any atom is 0.254 e. The van der Waals surface area contributed by atoms with Crippen molar-refractivity contribution in [2.75, 3.05) is 44.2 Å². The van der Waals surface area contributed by atoms with Gasteiger partial charge in [0.2, 0.25) is 0 Å². The molecule has 1 aliphatic heterocycles. The van der Waals surface area contributed by atoms with E-state index in [-0.39, 0.29) is 5.91 Å². The summed E-state index contributed by atoms with van der Waals surface area (Å²) in [7, 11) is 0. The van der Waals surface area contributed by atoms with Crippen LogP contribution in [0.1, 0.15) is 40.4 Å². The van der Waals surface area contributed by atoms with Crippen molar-refractivity contribution in [3.8, 4) is 5.69 Å². The van der Waals surface area contributed by atoms with Crippen LogP contribution in [0.4, 0.5) is 5.69 Å². The van der Waals surface area contributed by atoms with Gasteiger partial charge < -0.3 is 10.2 Å². The summed E-state index contributed by atoms with van der Waals surface area (Å²) in [6.45, 7) is 7.75. The second kappa shape index (κ2) is 9.17. The summed E-state index contributed by atoms with van der Waals surface area (Å²) >= 11 is 0. The molecule has 166 valence electrons. The van der Waals surface area contributed by atoms with Gasteiger partial charge in [0.25, 0.3) is 5.91 Å². The molecule has 2 aromatic carbocycles. The zero-order valence-corrected chi connectivity index (χ0v) is 18.7. The third kappa shape index (κ3) is 4.55. The van der Waals surface area contributed by atoms with E-state index in [2.05, 4.69) is 51.4 Å². The number of anilines is 1. The number of carbonyl (C=O) groups is 1. The molecule has 1 saturated heterocycles. The van der Waals surface area contributed by atoms with Crippen LogP contribution in [-0.2, 0) is 0 Å². The van der Waals surface area contributed by atoms with Crippen molar-refractivity contribution in [2.24, 2.45) is 0 Å². The lowest BCUT2D eigenvalue weighted by molar-refractivity contribution is 0.0946. The highest BCUT2D eigenvalue weighted by Gasteiger charge is 2.32. The Morgan fingerprint density at radius 1 is 1.00 bits per heavy atom. The van der Waals surface area contributed by atoms with Crippen molar-refractivity contribution in [2.45, 2.75) is 25.7 Å². The van der Waals surface area contributed by atoms with E-state index in [9.17, 15) is 4.79 Å². The molecular weight excluding hydrogens is 398 g/mol.